The van der Waals surface area contributed by atoms with Crippen molar-refractivity contribution in [3.05, 3.63) is 53.6 Å². The van der Waals surface area contributed by atoms with E-state index in [9.17, 15) is 4.79 Å². The fourth-order valence-corrected chi connectivity index (χ4v) is 4.00. The maximum Gasteiger partial charge on any atom is 0.259 e. The number of hydrogen-bond acceptors (Lipinski definition) is 4. The van der Waals surface area contributed by atoms with E-state index in [1.807, 2.05) is 30.3 Å². The lowest BCUT2D eigenvalue weighted by Crippen LogP contribution is -2.33. The Bertz CT molecular complexity index is 815. The third-order valence-corrected chi connectivity index (χ3v) is 5.52. The van der Waals surface area contributed by atoms with Crippen LogP contribution in [0.2, 0.25) is 0 Å². The summed E-state index contributed by atoms with van der Waals surface area (Å²) in [6, 6.07) is 14.0. The fraction of sp³-hybridized carbons (Fsp3) is 0.409. The molecule has 5 heteroatoms. The zero-order chi connectivity index (χ0) is 18.6. The van der Waals surface area contributed by atoms with Gasteiger partial charge in [0.1, 0.15) is 0 Å². The molecular formula is C22H26N2O3. The number of carbonyl (C=O) groups is 1. The second-order valence-electron chi connectivity index (χ2n) is 7.36. The summed E-state index contributed by atoms with van der Waals surface area (Å²) in [5, 5.41) is 3.06. The quantitative estimate of drug-likeness (QED) is 0.850. The molecule has 1 amide bonds. The minimum Gasteiger partial charge on any atom is -0.454 e. The van der Waals surface area contributed by atoms with Crippen molar-refractivity contribution < 1.29 is 14.3 Å². The summed E-state index contributed by atoms with van der Waals surface area (Å²) in [6.45, 7) is 0.982. The van der Waals surface area contributed by atoms with Crippen molar-refractivity contribution >= 4 is 11.6 Å². The molecule has 27 heavy (non-hydrogen) atoms. The van der Waals surface area contributed by atoms with Crippen molar-refractivity contribution in [2.24, 2.45) is 0 Å². The van der Waals surface area contributed by atoms with Crippen LogP contribution in [0.15, 0.2) is 42.5 Å². The van der Waals surface area contributed by atoms with Gasteiger partial charge in [-0.2, -0.15) is 0 Å². The Morgan fingerprint density at radius 3 is 2.74 bits per heavy atom. The predicted molar refractivity (Wildman–Crippen MR) is 105 cm³/mol. The monoisotopic (exact) mass is 366 g/mol. The molecule has 2 aromatic carbocycles. The van der Waals surface area contributed by atoms with Gasteiger partial charge in [-0.1, -0.05) is 43.5 Å². The Morgan fingerprint density at radius 1 is 1.07 bits per heavy atom. The molecule has 0 spiro atoms. The third kappa shape index (κ3) is 3.93. The number of ether oxygens (including phenoxy) is 2. The highest BCUT2D eigenvalue weighted by Gasteiger charge is 2.23. The van der Waals surface area contributed by atoms with Gasteiger partial charge in [0.2, 0.25) is 6.79 Å². The minimum absolute atomic E-state index is 0.155. The van der Waals surface area contributed by atoms with Crippen LogP contribution in [0, 0.1) is 0 Å². The lowest BCUT2D eigenvalue weighted by atomic mass is 9.94. The predicted octanol–water partition coefficient (Wildman–Crippen LogP) is 4.43. The average molecular weight is 366 g/mol. The standard InChI is InChI=1S/C22H26N2O3/c1-24(17-9-3-2-4-10-17)14-16-8-5-6-12-19(16)23-22(25)18-11-7-13-20-21(18)27-15-26-20/h5-8,11-13,17H,2-4,9-10,14-15H2,1H3,(H,23,25). The van der Waals surface area contributed by atoms with Gasteiger partial charge in [0, 0.05) is 18.3 Å². The van der Waals surface area contributed by atoms with Crippen LogP contribution in [0.4, 0.5) is 5.69 Å². The van der Waals surface area contributed by atoms with E-state index < -0.39 is 0 Å². The molecule has 0 radical (unpaired) electrons. The first-order valence-electron chi connectivity index (χ1n) is 9.70. The van der Waals surface area contributed by atoms with Gasteiger partial charge in [-0.15, -0.1) is 0 Å². The number of anilines is 1. The highest BCUT2D eigenvalue weighted by atomic mass is 16.7. The van der Waals surface area contributed by atoms with Crippen LogP contribution in [0.5, 0.6) is 11.5 Å². The summed E-state index contributed by atoms with van der Waals surface area (Å²) in [4.78, 5) is 15.3. The number of nitrogens with one attached hydrogen (secondary N) is 1. The number of hydrogen-bond donors (Lipinski definition) is 1. The van der Waals surface area contributed by atoms with Crippen molar-refractivity contribution in [3.63, 3.8) is 0 Å². The molecule has 0 aromatic heterocycles. The molecule has 1 fully saturated rings. The van der Waals surface area contributed by atoms with E-state index >= 15 is 0 Å². The SMILES string of the molecule is CN(Cc1ccccc1NC(=O)c1cccc2c1OCO2)C1CCCCC1. The van der Waals surface area contributed by atoms with Crippen molar-refractivity contribution in [1.29, 1.82) is 0 Å². The first-order chi connectivity index (χ1) is 13.2. The highest BCUT2D eigenvalue weighted by Crippen LogP contribution is 2.35. The zero-order valence-electron chi connectivity index (χ0n) is 15.7. The van der Waals surface area contributed by atoms with Gasteiger partial charge in [-0.3, -0.25) is 9.69 Å². The second-order valence-corrected chi connectivity index (χ2v) is 7.36. The highest BCUT2D eigenvalue weighted by molar-refractivity contribution is 6.07. The summed E-state index contributed by atoms with van der Waals surface area (Å²) in [5.74, 6) is 0.963. The first-order valence-corrected chi connectivity index (χ1v) is 9.70. The number of nitrogens with zero attached hydrogens (tertiary/aromatic N) is 1. The Kier molecular flexibility index (Phi) is 5.30. The second kappa shape index (κ2) is 8.01. The Labute approximate surface area is 160 Å². The van der Waals surface area contributed by atoms with E-state index in [0.717, 1.165) is 17.8 Å². The maximum absolute atomic E-state index is 12.9. The Balaban J connectivity index is 1.50. The molecule has 5 nitrogen and oxygen atoms in total. The molecule has 0 saturated heterocycles. The molecule has 142 valence electrons. The molecule has 1 aliphatic heterocycles. The molecular weight excluding hydrogens is 340 g/mol. The summed E-state index contributed by atoms with van der Waals surface area (Å²) in [5.41, 5.74) is 2.48. The van der Waals surface area contributed by atoms with Crippen LogP contribution in [0.1, 0.15) is 48.0 Å². The maximum atomic E-state index is 12.9. The number of fused-ring (bicyclic) bond motifs is 1. The summed E-state index contributed by atoms with van der Waals surface area (Å²) in [7, 11) is 2.18. The smallest absolute Gasteiger partial charge is 0.259 e. The van der Waals surface area contributed by atoms with E-state index in [1.54, 1.807) is 6.07 Å². The molecule has 1 N–H and O–H groups in total. The Hall–Kier alpha value is -2.53. The van der Waals surface area contributed by atoms with Crippen LogP contribution in [-0.2, 0) is 6.54 Å². The molecule has 2 aliphatic rings. The number of carbonyl (C=O) groups excluding carboxylic acids is 1. The molecule has 0 bridgehead atoms. The molecule has 1 aliphatic carbocycles. The minimum atomic E-state index is -0.176. The summed E-state index contributed by atoms with van der Waals surface area (Å²) in [6.07, 6.45) is 6.50. The lowest BCUT2D eigenvalue weighted by molar-refractivity contribution is 0.102. The van der Waals surface area contributed by atoms with Crippen LogP contribution in [0.25, 0.3) is 0 Å². The van der Waals surface area contributed by atoms with Gasteiger partial charge in [-0.25, -0.2) is 0 Å². The van der Waals surface area contributed by atoms with Crippen LogP contribution in [0.3, 0.4) is 0 Å². The average Bonchev–Trinajstić information content (AvgIpc) is 3.19. The van der Waals surface area contributed by atoms with Crippen LogP contribution >= 0.6 is 0 Å². The zero-order valence-corrected chi connectivity index (χ0v) is 15.7. The number of benzene rings is 2. The van der Waals surface area contributed by atoms with Gasteiger partial charge in [-0.05, 0) is 43.7 Å². The van der Waals surface area contributed by atoms with Crippen molar-refractivity contribution in [1.82, 2.24) is 4.90 Å². The van der Waals surface area contributed by atoms with E-state index in [0.29, 0.717) is 23.1 Å². The van der Waals surface area contributed by atoms with Crippen molar-refractivity contribution in [2.75, 3.05) is 19.2 Å². The van der Waals surface area contributed by atoms with E-state index in [2.05, 4.69) is 23.3 Å². The van der Waals surface area contributed by atoms with E-state index in [-0.39, 0.29) is 12.7 Å². The number of para-hydroxylation sites is 2. The molecule has 4 rings (SSSR count). The van der Waals surface area contributed by atoms with Gasteiger partial charge in [0.05, 0.1) is 5.56 Å². The van der Waals surface area contributed by atoms with Crippen molar-refractivity contribution in [3.8, 4) is 11.5 Å². The molecule has 1 saturated carbocycles. The van der Waals surface area contributed by atoms with E-state index in [4.69, 9.17) is 9.47 Å². The van der Waals surface area contributed by atoms with Crippen LogP contribution in [-0.4, -0.2) is 30.7 Å². The molecule has 0 atom stereocenters. The fourth-order valence-electron chi connectivity index (χ4n) is 4.00. The largest absolute Gasteiger partial charge is 0.454 e. The van der Waals surface area contributed by atoms with Crippen LogP contribution < -0.4 is 14.8 Å². The van der Waals surface area contributed by atoms with Gasteiger partial charge in [0.25, 0.3) is 5.91 Å². The van der Waals surface area contributed by atoms with Crippen molar-refractivity contribution in [2.45, 2.75) is 44.7 Å². The van der Waals surface area contributed by atoms with Gasteiger partial charge in [0.15, 0.2) is 11.5 Å². The topological polar surface area (TPSA) is 50.8 Å². The summed E-state index contributed by atoms with van der Waals surface area (Å²) >= 11 is 0. The van der Waals surface area contributed by atoms with Gasteiger partial charge < -0.3 is 14.8 Å². The van der Waals surface area contributed by atoms with Gasteiger partial charge >= 0.3 is 0 Å². The molecule has 2 aromatic rings. The Morgan fingerprint density at radius 2 is 1.89 bits per heavy atom. The third-order valence-electron chi connectivity index (χ3n) is 5.52. The van der Waals surface area contributed by atoms with E-state index in [1.165, 1.54) is 32.1 Å². The summed E-state index contributed by atoms with van der Waals surface area (Å²) < 4.78 is 10.8. The first kappa shape index (κ1) is 17.9. The lowest BCUT2D eigenvalue weighted by Gasteiger charge is -2.31. The molecule has 0 unspecified atom stereocenters. The number of amides is 1. The molecule has 1 heterocycles. The number of rotatable bonds is 5. The normalized spacial score (nSPS) is 16.5.